The molecule has 0 N–H and O–H groups in total. The molecule has 12 heteroatoms. The first-order chi connectivity index (χ1) is 24.4. The third kappa shape index (κ3) is 7.67. The molecule has 0 spiro atoms. The maximum absolute atomic E-state index is 12.5. The van der Waals surface area contributed by atoms with Crippen molar-refractivity contribution in [1.29, 1.82) is 0 Å². The van der Waals surface area contributed by atoms with Crippen LogP contribution in [0, 0.1) is 0 Å². The summed E-state index contributed by atoms with van der Waals surface area (Å²) in [7, 11) is 0. The molecule has 3 aliphatic rings. The highest BCUT2D eigenvalue weighted by molar-refractivity contribution is 8.04. The second-order valence-electron chi connectivity index (χ2n) is 12.0. The number of hydrogen-bond acceptors (Lipinski definition) is 10. The SMILES string of the molecule is CCOC(=O)N1CCN(C2=C(C=Cc3sc4cc(SC)c(SC)cc4[n+]3CC)CCC2=CC=C2Sc3cc(SC)c(SC)cc3N2CC)CC1. The van der Waals surface area contributed by atoms with Gasteiger partial charge >= 0.3 is 6.09 Å². The smallest absolute Gasteiger partial charge is 0.409 e. The number of carbonyl (C=O) groups excluding carboxylic acids is 1. The first-order valence-corrected chi connectivity index (χ1v) is 23.7. The Morgan fingerprint density at radius 3 is 2.20 bits per heavy atom. The summed E-state index contributed by atoms with van der Waals surface area (Å²) < 4.78 is 9.12. The van der Waals surface area contributed by atoms with Crippen LogP contribution in [0.2, 0.25) is 0 Å². The van der Waals surface area contributed by atoms with E-state index in [1.54, 1.807) is 0 Å². The summed E-state index contributed by atoms with van der Waals surface area (Å²) in [6.45, 7) is 11.5. The van der Waals surface area contributed by atoms with E-state index in [4.69, 9.17) is 4.74 Å². The van der Waals surface area contributed by atoms with Crippen molar-refractivity contribution in [3.05, 3.63) is 69.4 Å². The molecule has 266 valence electrons. The molecule has 3 heterocycles. The predicted octanol–water partition coefficient (Wildman–Crippen LogP) is 10.3. The van der Waals surface area contributed by atoms with Crippen LogP contribution in [0.4, 0.5) is 10.5 Å². The van der Waals surface area contributed by atoms with Crippen molar-refractivity contribution in [2.45, 2.75) is 64.6 Å². The van der Waals surface area contributed by atoms with E-state index in [1.807, 2.05) is 82.0 Å². The summed E-state index contributed by atoms with van der Waals surface area (Å²) in [5.41, 5.74) is 6.70. The van der Waals surface area contributed by atoms with E-state index in [-0.39, 0.29) is 6.09 Å². The summed E-state index contributed by atoms with van der Waals surface area (Å²) in [5, 5.41) is 2.55. The number of aromatic nitrogens is 1. The van der Waals surface area contributed by atoms with Gasteiger partial charge in [0.2, 0.25) is 5.52 Å². The van der Waals surface area contributed by atoms with Crippen LogP contribution in [-0.4, -0.2) is 80.2 Å². The minimum atomic E-state index is -0.206. The van der Waals surface area contributed by atoms with Gasteiger partial charge in [-0.3, -0.25) is 0 Å². The number of anilines is 1. The zero-order valence-electron chi connectivity index (χ0n) is 30.0. The first kappa shape index (κ1) is 37.7. The Morgan fingerprint density at radius 2 is 1.54 bits per heavy atom. The Labute approximate surface area is 323 Å². The quantitative estimate of drug-likeness (QED) is 0.140. The van der Waals surface area contributed by atoms with Crippen molar-refractivity contribution in [2.75, 3.05) is 69.3 Å². The van der Waals surface area contributed by atoms with Crippen molar-refractivity contribution in [1.82, 2.24) is 9.80 Å². The second-order valence-corrected chi connectivity index (χ2v) is 17.5. The maximum atomic E-state index is 12.5. The van der Waals surface area contributed by atoms with Crippen LogP contribution in [0.5, 0.6) is 0 Å². The number of thioether (sulfide) groups is 5. The number of aryl methyl sites for hydroxylation is 1. The number of allylic oxidation sites excluding steroid dienone is 5. The fourth-order valence-corrected chi connectivity index (χ4v) is 12.3. The Bertz CT molecular complexity index is 1870. The zero-order chi connectivity index (χ0) is 35.4. The Kier molecular flexibility index (Phi) is 12.9. The van der Waals surface area contributed by atoms with Gasteiger partial charge in [0.15, 0.2) is 0 Å². The molecule has 1 amide bonds. The molecule has 3 aromatic rings. The predicted molar refractivity (Wildman–Crippen MR) is 222 cm³/mol. The Morgan fingerprint density at radius 1 is 0.860 bits per heavy atom. The Balaban J connectivity index is 1.35. The van der Waals surface area contributed by atoms with Gasteiger partial charge in [-0.2, -0.15) is 4.57 Å². The molecule has 1 fully saturated rings. The molecule has 0 unspecified atom stereocenters. The van der Waals surface area contributed by atoms with E-state index in [0.29, 0.717) is 19.7 Å². The topological polar surface area (TPSA) is 39.9 Å². The monoisotopic (exact) mass is 783 g/mol. The number of fused-ring (bicyclic) bond motifs is 2. The highest BCUT2D eigenvalue weighted by Crippen LogP contribution is 2.50. The molecule has 1 aliphatic carbocycles. The summed E-state index contributed by atoms with van der Waals surface area (Å²) >= 11 is 11.0. The lowest BCUT2D eigenvalue weighted by Crippen LogP contribution is -2.48. The summed E-state index contributed by atoms with van der Waals surface area (Å²) in [5.74, 6) is 0. The molecule has 0 atom stereocenters. The molecule has 1 aromatic heterocycles. The molecule has 50 heavy (non-hydrogen) atoms. The van der Waals surface area contributed by atoms with Gasteiger partial charge < -0.3 is 19.4 Å². The molecule has 2 aliphatic heterocycles. The lowest BCUT2D eigenvalue weighted by Gasteiger charge is -2.37. The van der Waals surface area contributed by atoms with E-state index in [2.05, 4.69) is 102 Å². The molecule has 6 nitrogen and oxygen atoms in total. The lowest BCUT2D eigenvalue weighted by atomic mass is 10.1. The molecule has 0 radical (unpaired) electrons. The molecule has 1 saturated heterocycles. The zero-order valence-corrected chi connectivity index (χ0v) is 34.9. The number of ether oxygens (including phenoxy) is 1. The second kappa shape index (κ2) is 17.2. The van der Waals surface area contributed by atoms with Gasteiger partial charge in [-0.15, -0.1) is 47.0 Å². The van der Waals surface area contributed by atoms with Crippen molar-refractivity contribution in [3.63, 3.8) is 0 Å². The van der Waals surface area contributed by atoms with Crippen LogP contribution in [0.3, 0.4) is 0 Å². The molecular weight excluding hydrogens is 737 g/mol. The maximum Gasteiger partial charge on any atom is 0.409 e. The summed E-state index contributed by atoms with van der Waals surface area (Å²) in [4.78, 5) is 26.0. The third-order valence-corrected chi connectivity index (χ3v) is 14.9. The highest BCUT2D eigenvalue weighted by atomic mass is 32.2. The standard InChI is InChI=1S/C38H47N4O2S6/c1-8-41-27-21-31(45-4)33(47-6)23-29(27)49-35(41)15-13-25-11-12-26(37(25)39-17-19-40(20-18-39)38(43)44-10-3)14-16-36-42(9-2)28-22-32(46-5)34(48-7)24-30(28)50-36/h13-16,21-24H,8-12,17-20H2,1-7H3/q+1. The normalized spacial score (nSPS) is 18.2. The average Bonchev–Trinajstić information content (AvgIpc) is 3.83. The van der Waals surface area contributed by atoms with Crippen LogP contribution < -0.4 is 9.47 Å². The fourth-order valence-electron chi connectivity index (χ4n) is 6.87. The van der Waals surface area contributed by atoms with Gasteiger partial charge in [0.05, 0.1) is 17.3 Å². The van der Waals surface area contributed by atoms with Gasteiger partial charge in [0.25, 0.3) is 5.01 Å². The summed E-state index contributed by atoms with van der Waals surface area (Å²) in [6.07, 6.45) is 19.9. The van der Waals surface area contributed by atoms with Crippen LogP contribution in [-0.2, 0) is 11.3 Å². The van der Waals surface area contributed by atoms with Gasteiger partial charge in [-0.25, -0.2) is 4.79 Å². The van der Waals surface area contributed by atoms with E-state index in [9.17, 15) is 4.79 Å². The van der Waals surface area contributed by atoms with Crippen molar-refractivity contribution in [2.24, 2.45) is 0 Å². The van der Waals surface area contributed by atoms with Gasteiger partial charge in [0.1, 0.15) is 11.2 Å². The molecular formula is C38H47N4O2S6+. The van der Waals surface area contributed by atoms with E-state index in [0.717, 1.165) is 39.0 Å². The van der Waals surface area contributed by atoms with Crippen molar-refractivity contribution < 1.29 is 14.1 Å². The number of rotatable bonds is 11. The lowest BCUT2D eigenvalue weighted by molar-refractivity contribution is -0.665. The minimum absolute atomic E-state index is 0.206. The van der Waals surface area contributed by atoms with Crippen LogP contribution in [0.1, 0.15) is 38.6 Å². The number of benzene rings is 2. The highest BCUT2D eigenvalue weighted by Gasteiger charge is 2.30. The number of piperazine rings is 1. The van der Waals surface area contributed by atoms with Crippen LogP contribution in [0.25, 0.3) is 16.3 Å². The van der Waals surface area contributed by atoms with Crippen LogP contribution in [0.15, 0.2) is 88.8 Å². The van der Waals surface area contributed by atoms with Crippen LogP contribution >= 0.6 is 70.1 Å². The van der Waals surface area contributed by atoms with E-state index in [1.165, 1.54) is 67.3 Å². The number of thiazole rings is 1. The van der Waals surface area contributed by atoms with E-state index >= 15 is 0 Å². The Hall–Kier alpha value is -2.09. The molecule has 0 bridgehead atoms. The van der Waals surface area contributed by atoms with Crippen molar-refractivity contribution in [3.8, 4) is 0 Å². The minimum Gasteiger partial charge on any atom is -0.450 e. The molecule has 2 aromatic carbocycles. The van der Waals surface area contributed by atoms with Gasteiger partial charge in [-0.1, -0.05) is 29.2 Å². The van der Waals surface area contributed by atoms with E-state index < -0.39 is 0 Å². The number of amides is 1. The number of carbonyl (C=O) groups is 1. The average molecular weight is 784 g/mol. The summed E-state index contributed by atoms with van der Waals surface area (Å²) in [6, 6.07) is 9.45. The third-order valence-electron chi connectivity index (χ3n) is 9.35. The van der Waals surface area contributed by atoms with Crippen molar-refractivity contribution >= 4 is 98.2 Å². The largest absolute Gasteiger partial charge is 0.450 e. The number of nitrogens with zero attached hydrogens (tertiary/aromatic N) is 4. The molecule has 0 saturated carbocycles. The molecule has 6 rings (SSSR count). The van der Waals surface area contributed by atoms with Gasteiger partial charge in [-0.05, 0) is 100 Å². The van der Waals surface area contributed by atoms with Gasteiger partial charge in [0, 0.05) is 75.0 Å². The first-order valence-electron chi connectivity index (χ1n) is 17.2. The number of hydrogen-bond donors (Lipinski definition) is 0. The fraction of sp³-hybridized carbons (Fsp3) is 0.421.